The molecule has 4 aromatic rings. The Morgan fingerprint density at radius 2 is 1.76 bits per heavy atom. The van der Waals surface area contributed by atoms with Gasteiger partial charge in [0.15, 0.2) is 0 Å². The summed E-state index contributed by atoms with van der Waals surface area (Å²) >= 11 is 1.34. The first-order chi connectivity index (χ1) is 14.1. The largest absolute Gasteiger partial charge is 0.324 e. The van der Waals surface area contributed by atoms with Crippen LogP contribution in [0.15, 0.2) is 70.8 Å². The number of hydrogen-bond donors (Lipinski definition) is 2. The van der Waals surface area contributed by atoms with Gasteiger partial charge in [-0.3, -0.25) is 14.4 Å². The molecule has 0 atom stereocenters. The van der Waals surface area contributed by atoms with E-state index in [0.29, 0.717) is 27.2 Å². The first-order valence-electron chi connectivity index (χ1n) is 8.67. The summed E-state index contributed by atoms with van der Waals surface area (Å²) in [5.74, 6) is -0.653. The highest BCUT2D eigenvalue weighted by Gasteiger charge is 2.11. The van der Waals surface area contributed by atoms with Gasteiger partial charge in [0.2, 0.25) is 5.91 Å². The molecule has 2 aromatic carbocycles. The summed E-state index contributed by atoms with van der Waals surface area (Å²) < 4.78 is 1.01. The Morgan fingerprint density at radius 3 is 2.55 bits per heavy atom. The van der Waals surface area contributed by atoms with Crippen molar-refractivity contribution in [1.29, 1.82) is 0 Å². The van der Waals surface area contributed by atoms with Crippen LogP contribution >= 0.6 is 11.3 Å². The highest BCUT2D eigenvalue weighted by Crippen LogP contribution is 2.17. The van der Waals surface area contributed by atoms with E-state index in [1.165, 1.54) is 11.3 Å². The number of aromatic nitrogens is 3. The molecule has 0 saturated carbocycles. The van der Waals surface area contributed by atoms with E-state index in [1.54, 1.807) is 60.7 Å². The highest BCUT2D eigenvalue weighted by atomic mass is 32.1. The lowest BCUT2D eigenvalue weighted by molar-refractivity contribution is -0.117. The lowest BCUT2D eigenvalue weighted by Crippen LogP contribution is -2.30. The lowest BCUT2D eigenvalue weighted by Gasteiger charge is -2.09. The molecule has 0 radical (unpaired) electrons. The molecule has 0 bridgehead atoms. The molecular formula is C20H15N5O3S. The molecule has 0 spiro atoms. The smallest absolute Gasteiger partial charge is 0.278 e. The van der Waals surface area contributed by atoms with Crippen molar-refractivity contribution in [3.05, 3.63) is 81.3 Å². The van der Waals surface area contributed by atoms with Gasteiger partial charge in [0.05, 0.1) is 10.3 Å². The number of thiophene rings is 1. The average Bonchev–Trinajstić information content (AvgIpc) is 3.26. The lowest BCUT2D eigenvalue weighted by atomic mass is 10.2. The second-order valence-electron chi connectivity index (χ2n) is 6.13. The summed E-state index contributed by atoms with van der Waals surface area (Å²) in [5, 5.41) is 15.5. The Kier molecular flexibility index (Phi) is 5.12. The number of fused-ring (bicyclic) bond motifs is 1. The second kappa shape index (κ2) is 8.03. The molecule has 2 N–H and O–H groups in total. The van der Waals surface area contributed by atoms with Crippen LogP contribution < -0.4 is 16.2 Å². The van der Waals surface area contributed by atoms with Crippen molar-refractivity contribution in [2.45, 2.75) is 6.54 Å². The van der Waals surface area contributed by atoms with Gasteiger partial charge in [0.1, 0.15) is 12.1 Å². The number of rotatable bonds is 5. The minimum Gasteiger partial charge on any atom is -0.324 e. The summed E-state index contributed by atoms with van der Waals surface area (Å²) in [6, 6.07) is 17.1. The van der Waals surface area contributed by atoms with E-state index in [-0.39, 0.29) is 18.0 Å². The number of nitrogens with one attached hydrogen (secondary N) is 2. The van der Waals surface area contributed by atoms with Crippen molar-refractivity contribution in [2.75, 3.05) is 10.6 Å². The fourth-order valence-corrected chi connectivity index (χ4v) is 3.36. The topological polar surface area (TPSA) is 106 Å². The fourth-order valence-electron chi connectivity index (χ4n) is 2.74. The molecule has 0 unspecified atom stereocenters. The quantitative estimate of drug-likeness (QED) is 0.531. The summed E-state index contributed by atoms with van der Waals surface area (Å²) in [6.45, 7) is -0.275. The third-order valence-electron chi connectivity index (χ3n) is 4.07. The van der Waals surface area contributed by atoms with Crippen molar-refractivity contribution in [3.63, 3.8) is 0 Å². The molecule has 0 aliphatic carbocycles. The summed E-state index contributed by atoms with van der Waals surface area (Å²) in [5.41, 5.74) is 1.12. The van der Waals surface area contributed by atoms with Crippen molar-refractivity contribution >= 4 is 45.4 Å². The Labute approximate surface area is 168 Å². The minimum atomic E-state index is -0.432. The highest BCUT2D eigenvalue weighted by molar-refractivity contribution is 7.12. The Morgan fingerprint density at radius 1 is 0.966 bits per heavy atom. The van der Waals surface area contributed by atoms with Crippen LogP contribution in [0, 0.1) is 0 Å². The van der Waals surface area contributed by atoms with E-state index in [2.05, 4.69) is 20.9 Å². The Bertz CT molecular complexity index is 1250. The van der Waals surface area contributed by atoms with E-state index in [4.69, 9.17) is 0 Å². The molecule has 0 aliphatic heterocycles. The number of anilines is 2. The molecule has 4 rings (SSSR count). The molecule has 0 aliphatic rings. The maximum absolute atomic E-state index is 12.4. The van der Waals surface area contributed by atoms with E-state index in [0.717, 1.165) is 4.68 Å². The van der Waals surface area contributed by atoms with Crippen molar-refractivity contribution in [1.82, 2.24) is 15.0 Å². The van der Waals surface area contributed by atoms with Crippen molar-refractivity contribution < 1.29 is 9.59 Å². The zero-order chi connectivity index (χ0) is 20.2. The van der Waals surface area contributed by atoms with Gasteiger partial charge >= 0.3 is 0 Å². The van der Waals surface area contributed by atoms with Crippen LogP contribution in [-0.2, 0) is 11.3 Å². The van der Waals surface area contributed by atoms with Crippen LogP contribution in [0.1, 0.15) is 9.67 Å². The van der Waals surface area contributed by atoms with Crippen LogP contribution in [-0.4, -0.2) is 26.8 Å². The first kappa shape index (κ1) is 18.5. The van der Waals surface area contributed by atoms with Gasteiger partial charge in [-0.05, 0) is 41.8 Å². The van der Waals surface area contributed by atoms with E-state index >= 15 is 0 Å². The zero-order valence-corrected chi connectivity index (χ0v) is 15.8. The van der Waals surface area contributed by atoms with Crippen LogP contribution in [0.2, 0.25) is 0 Å². The number of nitrogens with zero attached hydrogens (tertiary/aromatic N) is 3. The van der Waals surface area contributed by atoms with E-state index < -0.39 is 5.91 Å². The predicted molar refractivity (Wildman–Crippen MR) is 111 cm³/mol. The van der Waals surface area contributed by atoms with Gasteiger partial charge in [-0.15, -0.1) is 16.4 Å². The summed E-state index contributed by atoms with van der Waals surface area (Å²) in [4.78, 5) is 37.5. The number of benzene rings is 2. The molecule has 2 amide bonds. The van der Waals surface area contributed by atoms with Gasteiger partial charge < -0.3 is 10.6 Å². The summed E-state index contributed by atoms with van der Waals surface area (Å²) in [6.07, 6.45) is 0. The standard InChI is InChI=1S/C20H15N5O3S/c26-18(12-25-20(28)15-7-1-2-8-16(15)23-24-25)21-13-5-3-6-14(11-13)22-19(27)17-9-4-10-29-17/h1-11H,12H2,(H,21,26)(H,22,27). The third kappa shape index (κ3) is 4.19. The first-order valence-corrected chi connectivity index (χ1v) is 9.55. The molecule has 29 heavy (non-hydrogen) atoms. The molecule has 0 saturated heterocycles. The second-order valence-corrected chi connectivity index (χ2v) is 7.08. The summed E-state index contributed by atoms with van der Waals surface area (Å²) in [7, 11) is 0. The SMILES string of the molecule is O=C(Cn1nnc2ccccc2c1=O)Nc1cccc(NC(=O)c2cccs2)c1. The Balaban J connectivity index is 1.46. The molecule has 144 valence electrons. The van der Waals surface area contributed by atoms with Gasteiger partial charge in [0.25, 0.3) is 11.5 Å². The normalized spacial score (nSPS) is 10.6. The fraction of sp³-hybridized carbons (Fsp3) is 0.0500. The molecule has 2 aromatic heterocycles. The van der Waals surface area contributed by atoms with Crippen molar-refractivity contribution in [2.24, 2.45) is 0 Å². The van der Waals surface area contributed by atoms with Gasteiger partial charge in [-0.25, -0.2) is 4.68 Å². The van der Waals surface area contributed by atoms with Crippen LogP contribution in [0.3, 0.4) is 0 Å². The van der Waals surface area contributed by atoms with Crippen LogP contribution in [0.5, 0.6) is 0 Å². The van der Waals surface area contributed by atoms with E-state index in [1.807, 2.05) is 5.38 Å². The molecule has 2 heterocycles. The number of hydrogen-bond acceptors (Lipinski definition) is 6. The monoisotopic (exact) mass is 405 g/mol. The van der Waals surface area contributed by atoms with Crippen molar-refractivity contribution in [3.8, 4) is 0 Å². The third-order valence-corrected chi connectivity index (χ3v) is 4.94. The molecular weight excluding hydrogens is 390 g/mol. The predicted octanol–water partition coefficient (Wildman–Crippen LogP) is 2.74. The molecule has 9 heteroatoms. The van der Waals surface area contributed by atoms with Gasteiger partial charge in [-0.1, -0.05) is 29.5 Å². The maximum atomic E-state index is 12.4. The van der Waals surface area contributed by atoms with Crippen LogP contribution in [0.4, 0.5) is 11.4 Å². The number of carbonyl (C=O) groups excluding carboxylic acids is 2. The zero-order valence-electron chi connectivity index (χ0n) is 15.0. The number of amides is 2. The van der Waals surface area contributed by atoms with Gasteiger partial charge in [0, 0.05) is 11.4 Å². The molecule has 0 fully saturated rings. The van der Waals surface area contributed by atoms with E-state index in [9.17, 15) is 14.4 Å². The van der Waals surface area contributed by atoms with Crippen LogP contribution in [0.25, 0.3) is 10.9 Å². The molecule has 8 nitrogen and oxygen atoms in total. The maximum Gasteiger partial charge on any atom is 0.278 e. The van der Waals surface area contributed by atoms with Gasteiger partial charge in [-0.2, -0.15) is 0 Å². The number of carbonyl (C=O) groups is 2. The average molecular weight is 405 g/mol. The Hall–Kier alpha value is -3.85. The minimum absolute atomic E-state index is 0.221.